The Morgan fingerprint density at radius 3 is 2.50 bits per heavy atom. The summed E-state index contributed by atoms with van der Waals surface area (Å²) in [5.41, 5.74) is 0. The summed E-state index contributed by atoms with van der Waals surface area (Å²) in [5, 5.41) is 8.83. The van der Waals surface area contributed by atoms with Crippen molar-refractivity contribution in [2.24, 2.45) is 0 Å². The quantitative estimate of drug-likeness (QED) is 0.597. The second-order valence-electron chi connectivity index (χ2n) is 1.59. The summed E-state index contributed by atoms with van der Waals surface area (Å²) in [7, 11) is 0. The molecule has 0 aliphatic heterocycles. The molecule has 2 radical (unpaired) electrons. The molecule has 0 bridgehead atoms. The van der Waals surface area contributed by atoms with E-state index in [1.165, 1.54) is 3.58 Å². The molecule has 0 saturated carbocycles. The van der Waals surface area contributed by atoms with Crippen molar-refractivity contribution in [3.05, 3.63) is 24.3 Å². The molecule has 0 amide bonds. The Kier molecular flexibility index (Phi) is 1.78. The fraction of sp³-hybridized carbons (Fsp3) is 0. The molecule has 0 aromatic heterocycles. The second-order valence-corrected chi connectivity index (χ2v) is 3.50. The maximum atomic E-state index is 8.83. The minimum atomic E-state index is 0.370. The summed E-state index contributed by atoms with van der Waals surface area (Å²) < 4.78 is 1.22. The van der Waals surface area contributed by atoms with Gasteiger partial charge in [0.2, 0.25) is 0 Å². The summed E-state index contributed by atoms with van der Waals surface area (Å²) >= 11 is 1.07. The Hall–Kier alpha value is -0.181. The predicted octanol–water partition coefficient (Wildman–Crippen LogP) is -0.0817. The van der Waals surface area contributed by atoms with Gasteiger partial charge in [-0.2, -0.15) is 0 Å². The Morgan fingerprint density at radius 1 is 1.38 bits per heavy atom. The SMILES string of the molecule is Oc1ccc[c]([SnH])c1. The van der Waals surface area contributed by atoms with Gasteiger partial charge >= 0.3 is 61.2 Å². The number of rotatable bonds is 0. The molecule has 0 heterocycles. The molecule has 0 unspecified atom stereocenters. The van der Waals surface area contributed by atoms with Gasteiger partial charge in [0.05, 0.1) is 0 Å². The van der Waals surface area contributed by atoms with Crippen LogP contribution in [0.4, 0.5) is 0 Å². The van der Waals surface area contributed by atoms with Gasteiger partial charge in [0.25, 0.3) is 0 Å². The van der Waals surface area contributed by atoms with Crippen LogP contribution in [0.1, 0.15) is 0 Å². The average molecular weight is 213 g/mol. The number of phenolic OH excluding ortho intramolecular Hbond substituents is 1. The van der Waals surface area contributed by atoms with Crippen molar-refractivity contribution in [3.63, 3.8) is 0 Å². The van der Waals surface area contributed by atoms with Gasteiger partial charge in [0, 0.05) is 0 Å². The minimum absolute atomic E-state index is 0.370. The standard InChI is InChI=1S/C6H5O.Sn.H/c7-6-4-2-1-3-5-6;;/h1-2,4-5,7H;;. The van der Waals surface area contributed by atoms with Gasteiger partial charge in [-0.1, -0.05) is 0 Å². The molecule has 0 atom stereocenters. The normalized spacial score (nSPS) is 9.12. The van der Waals surface area contributed by atoms with E-state index in [4.69, 9.17) is 5.11 Å². The molecule has 0 aliphatic rings. The molecule has 0 aliphatic carbocycles. The van der Waals surface area contributed by atoms with Crippen molar-refractivity contribution in [2.45, 2.75) is 0 Å². The van der Waals surface area contributed by atoms with Crippen molar-refractivity contribution >= 4 is 26.1 Å². The van der Waals surface area contributed by atoms with Gasteiger partial charge in [-0.3, -0.25) is 0 Å². The molecule has 0 saturated heterocycles. The Labute approximate surface area is 61.4 Å². The van der Waals surface area contributed by atoms with E-state index >= 15 is 0 Å². The van der Waals surface area contributed by atoms with E-state index < -0.39 is 0 Å². The molecule has 1 nitrogen and oxygen atoms in total. The molecule has 1 aromatic carbocycles. The van der Waals surface area contributed by atoms with Crippen LogP contribution in [0.2, 0.25) is 0 Å². The third kappa shape index (κ3) is 1.40. The Morgan fingerprint density at radius 2 is 2.12 bits per heavy atom. The van der Waals surface area contributed by atoms with E-state index in [1.54, 1.807) is 12.1 Å². The fourth-order valence-corrected chi connectivity index (χ4v) is 1.33. The van der Waals surface area contributed by atoms with Crippen LogP contribution in [0, 0.1) is 0 Å². The monoisotopic (exact) mass is 214 g/mol. The summed E-state index contributed by atoms with van der Waals surface area (Å²) in [6.07, 6.45) is 0. The van der Waals surface area contributed by atoms with E-state index in [0.717, 1.165) is 22.5 Å². The number of hydrogen-bond acceptors (Lipinski definition) is 1. The van der Waals surface area contributed by atoms with Crippen LogP contribution in [0.3, 0.4) is 0 Å². The van der Waals surface area contributed by atoms with Crippen molar-refractivity contribution in [2.75, 3.05) is 0 Å². The zero-order valence-corrected chi connectivity index (χ0v) is 7.63. The summed E-state index contributed by atoms with van der Waals surface area (Å²) in [4.78, 5) is 0. The van der Waals surface area contributed by atoms with E-state index in [9.17, 15) is 0 Å². The number of aromatic hydroxyl groups is 1. The van der Waals surface area contributed by atoms with Gasteiger partial charge in [0.1, 0.15) is 0 Å². The molecule has 40 valence electrons. The first-order valence-electron chi connectivity index (χ1n) is 2.33. The van der Waals surface area contributed by atoms with E-state index in [2.05, 4.69) is 0 Å². The average Bonchev–Trinajstić information content (AvgIpc) is 1.64. The van der Waals surface area contributed by atoms with Crippen LogP contribution in [-0.2, 0) is 0 Å². The Bertz CT molecular complexity index is 168. The third-order valence-corrected chi connectivity index (χ3v) is 1.90. The summed E-state index contributed by atoms with van der Waals surface area (Å²) in [6.45, 7) is 0. The van der Waals surface area contributed by atoms with E-state index in [0.29, 0.717) is 5.75 Å². The van der Waals surface area contributed by atoms with Gasteiger partial charge in [-0.15, -0.1) is 0 Å². The maximum absolute atomic E-state index is 8.83. The topological polar surface area (TPSA) is 20.2 Å². The molecule has 1 rings (SSSR count). The van der Waals surface area contributed by atoms with Crippen LogP contribution < -0.4 is 3.58 Å². The zero-order valence-electron chi connectivity index (χ0n) is 4.33. The van der Waals surface area contributed by atoms with Gasteiger partial charge in [0.15, 0.2) is 0 Å². The van der Waals surface area contributed by atoms with Gasteiger partial charge < -0.3 is 0 Å². The second kappa shape index (κ2) is 2.39. The number of hydrogen-bond donors (Lipinski definition) is 1. The van der Waals surface area contributed by atoms with E-state index in [1.807, 2.05) is 12.1 Å². The zero-order chi connectivity index (χ0) is 5.98. The Balaban J connectivity index is 3.08. The first-order valence-corrected chi connectivity index (χ1v) is 3.98. The van der Waals surface area contributed by atoms with E-state index in [-0.39, 0.29) is 0 Å². The van der Waals surface area contributed by atoms with Gasteiger partial charge in [-0.25, -0.2) is 0 Å². The summed E-state index contributed by atoms with van der Waals surface area (Å²) in [5.74, 6) is 0.370. The molecule has 8 heavy (non-hydrogen) atoms. The third-order valence-electron chi connectivity index (χ3n) is 0.870. The van der Waals surface area contributed by atoms with Crippen LogP contribution >= 0.6 is 0 Å². The molecule has 0 fully saturated rings. The molecule has 2 heteroatoms. The van der Waals surface area contributed by atoms with Gasteiger partial charge in [-0.05, 0) is 0 Å². The van der Waals surface area contributed by atoms with Crippen molar-refractivity contribution in [1.29, 1.82) is 0 Å². The first-order chi connectivity index (χ1) is 3.79. The fourth-order valence-electron chi connectivity index (χ4n) is 0.525. The van der Waals surface area contributed by atoms with Crippen molar-refractivity contribution < 1.29 is 5.11 Å². The molecule has 1 N–H and O–H groups in total. The van der Waals surface area contributed by atoms with Crippen molar-refractivity contribution in [3.8, 4) is 5.75 Å². The van der Waals surface area contributed by atoms with Crippen LogP contribution in [0.25, 0.3) is 0 Å². The molecule has 1 aromatic rings. The van der Waals surface area contributed by atoms with Crippen LogP contribution in [-0.4, -0.2) is 27.6 Å². The number of benzene rings is 1. The predicted molar refractivity (Wildman–Crippen MR) is 34.9 cm³/mol. The summed E-state index contributed by atoms with van der Waals surface area (Å²) in [6, 6.07) is 7.32. The molecular weight excluding hydrogens is 207 g/mol. The molecular formula is C6H6OSn. The number of phenols is 1. The first kappa shape index (κ1) is 5.95. The van der Waals surface area contributed by atoms with Crippen LogP contribution in [0.5, 0.6) is 5.75 Å². The van der Waals surface area contributed by atoms with Crippen LogP contribution in [0.15, 0.2) is 24.3 Å². The van der Waals surface area contributed by atoms with Crippen molar-refractivity contribution in [1.82, 2.24) is 0 Å². The molecule has 0 spiro atoms.